The fourth-order valence-electron chi connectivity index (χ4n) is 2.48. The zero-order valence-electron chi connectivity index (χ0n) is 12.8. The Morgan fingerprint density at radius 3 is 2.65 bits per heavy atom. The van der Waals surface area contributed by atoms with Crippen molar-refractivity contribution in [1.29, 1.82) is 0 Å². The Morgan fingerprint density at radius 2 is 1.87 bits per heavy atom. The van der Waals surface area contributed by atoms with Crippen LogP contribution in [0, 0.1) is 6.92 Å². The largest absolute Gasteiger partial charge is 0.494 e. The number of aryl methyl sites for hydroxylation is 2. The van der Waals surface area contributed by atoms with E-state index in [1.165, 1.54) is 4.57 Å². The normalized spacial score (nSPS) is 10.8. The van der Waals surface area contributed by atoms with E-state index in [1.807, 2.05) is 43.3 Å². The summed E-state index contributed by atoms with van der Waals surface area (Å²) < 4.78 is 11.9. The number of aromatic nitrogens is 1. The minimum Gasteiger partial charge on any atom is -0.494 e. The first-order chi connectivity index (χ1) is 11.1. The molecular weight excluding hydrogens is 294 g/mol. The Labute approximate surface area is 132 Å². The molecule has 0 spiro atoms. The summed E-state index contributed by atoms with van der Waals surface area (Å²) in [6.07, 6.45) is 0.630. The predicted octanol–water partition coefficient (Wildman–Crippen LogP) is 2.73. The number of rotatable bonds is 5. The molecule has 0 fully saturated rings. The zero-order valence-corrected chi connectivity index (χ0v) is 12.8. The molecule has 118 valence electrons. The summed E-state index contributed by atoms with van der Waals surface area (Å²) in [6, 6.07) is 14.9. The van der Waals surface area contributed by atoms with E-state index >= 15 is 0 Å². The van der Waals surface area contributed by atoms with Crippen LogP contribution in [0.3, 0.4) is 0 Å². The van der Waals surface area contributed by atoms with Gasteiger partial charge in [0.1, 0.15) is 5.75 Å². The second-order valence-corrected chi connectivity index (χ2v) is 5.34. The molecule has 0 bridgehead atoms. The molecule has 5 nitrogen and oxygen atoms in total. The van der Waals surface area contributed by atoms with Crippen LogP contribution < -0.4 is 16.1 Å². The number of nitrogens with zero attached hydrogens (tertiary/aromatic N) is 1. The highest BCUT2D eigenvalue weighted by atomic mass is 16.5. The fourth-order valence-corrected chi connectivity index (χ4v) is 2.48. The molecule has 0 radical (unpaired) electrons. The molecule has 5 heteroatoms. The summed E-state index contributed by atoms with van der Waals surface area (Å²) in [5.41, 5.74) is 0.949. The van der Waals surface area contributed by atoms with Gasteiger partial charge in [-0.05, 0) is 37.6 Å². The highest BCUT2D eigenvalue weighted by molar-refractivity contribution is 5.78. The van der Waals surface area contributed by atoms with Crippen LogP contribution in [0.4, 0.5) is 0 Å². The fraction of sp³-hybridized carbons (Fsp3) is 0.222. The summed E-state index contributed by atoms with van der Waals surface area (Å²) in [6.45, 7) is 2.79. The Balaban J connectivity index is 1.78. The molecule has 23 heavy (non-hydrogen) atoms. The number of benzene rings is 2. The van der Waals surface area contributed by atoms with E-state index in [4.69, 9.17) is 9.15 Å². The molecule has 0 aliphatic carbocycles. The van der Waals surface area contributed by atoms with Gasteiger partial charge in [0.2, 0.25) is 0 Å². The van der Waals surface area contributed by atoms with Crippen LogP contribution >= 0.6 is 0 Å². The van der Waals surface area contributed by atoms with Crippen LogP contribution in [0.25, 0.3) is 10.9 Å². The third-order valence-corrected chi connectivity index (χ3v) is 3.60. The molecule has 3 aromatic rings. The van der Waals surface area contributed by atoms with Crippen LogP contribution in [0.1, 0.15) is 12.0 Å². The summed E-state index contributed by atoms with van der Waals surface area (Å²) in [5.74, 6) is 0.158. The number of ether oxygens (including phenoxy) is 1. The van der Waals surface area contributed by atoms with Crippen molar-refractivity contribution in [2.75, 3.05) is 6.61 Å². The third-order valence-electron chi connectivity index (χ3n) is 3.60. The maximum atomic E-state index is 12.0. The maximum absolute atomic E-state index is 12.0. The van der Waals surface area contributed by atoms with E-state index in [9.17, 15) is 9.59 Å². The first-order valence-corrected chi connectivity index (χ1v) is 7.47. The molecule has 0 saturated heterocycles. The van der Waals surface area contributed by atoms with Crippen molar-refractivity contribution in [3.05, 3.63) is 75.1 Å². The Hall–Kier alpha value is -2.82. The monoisotopic (exact) mass is 311 g/mol. The molecule has 3 rings (SSSR count). The van der Waals surface area contributed by atoms with Crippen LogP contribution in [0.15, 0.2) is 62.5 Å². The lowest BCUT2D eigenvalue weighted by Gasteiger charge is -2.10. The van der Waals surface area contributed by atoms with Gasteiger partial charge >= 0.3 is 11.4 Å². The van der Waals surface area contributed by atoms with Gasteiger partial charge in [0.15, 0.2) is 0 Å². The van der Waals surface area contributed by atoms with Gasteiger partial charge in [-0.1, -0.05) is 29.8 Å². The third kappa shape index (κ3) is 3.34. The van der Waals surface area contributed by atoms with Gasteiger partial charge in [0, 0.05) is 6.54 Å². The molecule has 2 aromatic carbocycles. The predicted molar refractivity (Wildman–Crippen MR) is 88.0 cm³/mol. The lowest BCUT2D eigenvalue weighted by atomic mass is 10.2. The second kappa shape index (κ2) is 6.52. The van der Waals surface area contributed by atoms with Gasteiger partial charge in [0.05, 0.1) is 17.5 Å². The van der Waals surface area contributed by atoms with Gasteiger partial charge in [-0.3, -0.25) is 4.57 Å². The molecule has 1 heterocycles. The lowest BCUT2D eigenvalue weighted by molar-refractivity contribution is 0.296. The van der Waals surface area contributed by atoms with E-state index in [0.717, 1.165) is 11.3 Å². The van der Waals surface area contributed by atoms with E-state index in [2.05, 4.69) is 0 Å². The number of para-hydroxylation sites is 1. The number of fused-ring (bicyclic) bond motifs is 1. The van der Waals surface area contributed by atoms with Gasteiger partial charge in [-0.15, -0.1) is 0 Å². The molecule has 0 atom stereocenters. The van der Waals surface area contributed by atoms with Crippen molar-refractivity contribution in [2.45, 2.75) is 19.9 Å². The smallest absolute Gasteiger partial charge is 0.422 e. The van der Waals surface area contributed by atoms with Crippen molar-refractivity contribution < 1.29 is 9.15 Å². The average Bonchev–Trinajstić information content (AvgIpc) is 2.55. The number of hydrogen-bond acceptors (Lipinski definition) is 4. The maximum Gasteiger partial charge on any atom is 0.422 e. The van der Waals surface area contributed by atoms with Crippen molar-refractivity contribution in [1.82, 2.24) is 4.57 Å². The lowest BCUT2D eigenvalue weighted by Crippen LogP contribution is -2.25. The van der Waals surface area contributed by atoms with E-state index < -0.39 is 11.4 Å². The second-order valence-electron chi connectivity index (χ2n) is 5.34. The standard InChI is InChI=1S/C18H17NO4/c1-13-8-9-16-15(12-13)17(20)23-18(21)19(16)10-5-11-22-14-6-3-2-4-7-14/h2-4,6-9,12H,5,10-11H2,1H3. The van der Waals surface area contributed by atoms with Gasteiger partial charge in [-0.25, -0.2) is 9.59 Å². The quantitative estimate of drug-likeness (QED) is 0.680. The van der Waals surface area contributed by atoms with Crippen molar-refractivity contribution >= 4 is 10.9 Å². The average molecular weight is 311 g/mol. The molecule has 0 aliphatic rings. The summed E-state index contributed by atoms with van der Waals surface area (Å²) in [7, 11) is 0. The molecule has 0 amide bonds. The van der Waals surface area contributed by atoms with Crippen molar-refractivity contribution in [3.8, 4) is 5.75 Å². The van der Waals surface area contributed by atoms with Crippen molar-refractivity contribution in [3.63, 3.8) is 0 Å². The molecular formula is C18H17NO4. The minimum atomic E-state index is -0.633. The zero-order chi connectivity index (χ0) is 16.2. The Morgan fingerprint density at radius 1 is 1.09 bits per heavy atom. The molecule has 0 unspecified atom stereocenters. The first-order valence-electron chi connectivity index (χ1n) is 7.47. The van der Waals surface area contributed by atoms with Crippen LogP contribution in [-0.4, -0.2) is 11.2 Å². The van der Waals surface area contributed by atoms with Gasteiger partial charge in [-0.2, -0.15) is 0 Å². The van der Waals surface area contributed by atoms with E-state index in [-0.39, 0.29) is 0 Å². The Kier molecular flexibility index (Phi) is 4.28. The molecule has 1 aromatic heterocycles. The van der Waals surface area contributed by atoms with Gasteiger partial charge in [0.25, 0.3) is 0 Å². The van der Waals surface area contributed by atoms with Crippen LogP contribution in [0.5, 0.6) is 5.75 Å². The summed E-state index contributed by atoms with van der Waals surface area (Å²) in [5, 5.41) is 0.425. The van der Waals surface area contributed by atoms with Crippen molar-refractivity contribution in [2.24, 2.45) is 0 Å². The van der Waals surface area contributed by atoms with E-state index in [0.29, 0.717) is 30.5 Å². The van der Waals surface area contributed by atoms with Crippen LogP contribution in [0.2, 0.25) is 0 Å². The summed E-state index contributed by atoms with van der Waals surface area (Å²) in [4.78, 5) is 23.8. The molecule has 0 saturated carbocycles. The van der Waals surface area contributed by atoms with Crippen LogP contribution in [-0.2, 0) is 6.54 Å². The van der Waals surface area contributed by atoms with Gasteiger partial charge < -0.3 is 9.15 Å². The topological polar surface area (TPSA) is 61.4 Å². The minimum absolute atomic E-state index is 0.425. The molecule has 0 aliphatic heterocycles. The summed E-state index contributed by atoms with van der Waals surface area (Å²) >= 11 is 0. The molecule has 0 N–H and O–H groups in total. The number of hydrogen-bond donors (Lipinski definition) is 0. The SMILES string of the molecule is Cc1ccc2c(c1)c(=O)oc(=O)n2CCCOc1ccccc1. The first kappa shape index (κ1) is 15.1. The highest BCUT2D eigenvalue weighted by Gasteiger charge is 2.09. The highest BCUT2D eigenvalue weighted by Crippen LogP contribution is 2.12. The Bertz CT molecular complexity index is 925. The van der Waals surface area contributed by atoms with E-state index in [1.54, 1.807) is 12.1 Å².